The average Bonchev–Trinajstić information content (AvgIpc) is 3.23. The van der Waals surface area contributed by atoms with Gasteiger partial charge in [0, 0.05) is 0 Å². The molecular weight excluding hydrogens is 348 g/mol. The number of hydrogen-bond acceptors (Lipinski definition) is 10. The highest BCUT2D eigenvalue weighted by Gasteiger charge is 2.27. The van der Waals surface area contributed by atoms with Gasteiger partial charge in [0.15, 0.2) is 22.3 Å². The van der Waals surface area contributed by atoms with E-state index in [1.165, 1.54) is 0 Å². The van der Waals surface area contributed by atoms with Crippen molar-refractivity contribution in [1.82, 2.24) is 39.0 Å². The van der Waals surface area contributed by atoms with E-state index < -0.39 is 34.8 Å². The fourth-order valence-corrected chi connectivity index (χ4v) is 2.46. The van der Waals surface area contributed by atoms with Crippen LogP contribution >= 0.6 is 0 Å². The zero-order valence-electron chi connectivity index (χ0n) is 12.6. The maximum atomic E-state index is 12.7. The van der Waals surface area contributed by atoms with E-state index >= 15 is 0 Å². The van der Waals surface area contributed by atoms with Crippen LogP contribution in [0, 0.1) is 0 Å². The molecule has 0 aliphatic rings. The van der Waals surface area contributed by atoms with Gasteiger partial charge in [-0.3, -0.25) is 19.2 Å². The smallest absolute Gasteiger partial charge is 0.325 e. The van der Waals surface area contributed by atoms with Gasteiger partial charge in [-0.1, -0.05) is 0 Å². The lowest BCUT2D eigenvalue weighted by atomic mass is 10.4. The van der Waals surface area contributed by atoms with Crippen LogP contribution in [0.3, 0.4) is 0 Å². The van der Waals surface area contributed by atoms with E-state index in [0.717, 1.165) is 12.7 Å². The van der Waals surface area contributed by atoms with E-state index in [-0.39, 0.29) is 22.3 Å². The van der Waals surface area contributed by atoms with Crippen molar-refractivity contribution >= 4 is 46.0 Å². The summed E-state index contributed by atoms with van der Waals surface area (Å²) >= 11 is 0. The summed E-state index contributed by atoms with van der Waals surface area (Å²) in [4.78, 5) is 68.5. The van der Waals surface area contributed by atoms with E-state index in [0.29, 0.717) is 9.13 Å². The van der Waals surface area contributed by atoms with Gasteiger partial charge in [-0.05, 0) is 0 Å². The van der Waals surface area contributed by atoms with Gasteiger partial charge < -0.3 is 21.4 Å². The molecule has 0 bridgehead atoms. The summed E-state index contributed by atoms with van der Waals surface area (Å²) in [5.74, 6) is -3.54. The third-order valence-corrected chi connectivity index (χ3v) is 3.57. The van der Waals surface area contributed by atoms with Crippen LogP contribution in [0.2, 0.25) is 0 Å². The SMILES string of the molecule is Nc1nc(=O)c2[nH]cnc2n1C(=O)C(=O)n1c(N)nc(=O)c2[nH]cnc21. The third kappa shape index (κ3) is 1.92. The molecule has 4 aromatic heterocycles. The lowest BCUT2D eigenvalue weighted by Crippen LogP contribution is -2.34. The van der Waals surface area contributed by atoms with E-state index in [1.54, 1.807) is 0 Å². The van der Waals surface area contributed by atoms with E-state index in [2.05, 4.69) is 29.9 Å². The minimum absolute atomic E-state index is 0.115. The van der Waals surface area contributed by atoms with Crippen molar-refractivity contribution in [3.05, 3.63) is 33.4 Å². The number of nitrogens with two attached hydrogens (primary N) is 2. The Kier molecular flexibility index (Phi) is 2.96. The number of carbonyl (C=O) groups is 2. The monoisotopic (exact) mass is 356 g/mol. The maximum absolute atomic E-state index is 12.7. The summed E-state index contributed by atoms with van der Waals surface area (Å²) in [6.45, 7) is 0. The van der Waals surface area contributed by atoms with Crippen molar-refractivity contribution < 1.29 is 9.59 Å². The molecule has 14 heteroatoms. The van der Waals surface area contributed by atoms with Crippen LogP contribution in [0.25, 0.3) is 22.3 Å². The van der Waals surface area contributed by atoms with Gasteiger partial charge >= 0.3 is 22.9 Å². The number of imidazole rings is 2. The Balaban J connectivity index is 1.96. The van der Waals surface area contributed by atoms with Crippen molar-refractivity contribution in [2.24, 2.45) is 0 Å². The number of hydrogen-bond donors (Lipinski definition) is 4. The predicted molar refractivity (Wildman–Crippen MR) is 86.4 cm³/mol. The number of nitrogens with zero attached hydrogens (tertiary/aromatic N) is 6. The molecule has 14 nitrogen and oxygen atoms in total. The second-order valence-electron chi connectivity index (χ2n) is 5.03. The molecule has 4 heterocycles. The fourth-order valence-electron chi connectivity index (χ4n) is 2.46. The second kappa shape index (κ2) is 5.07. The third-order valence-electron chi connectivity index (χ3n) is 3.57. The quantitative estimate of drug-likeness (QED) is 0.247. The Bertz CT molecular complexity index is 1240. The molecule has 0 saturated heterocycles. The standard InChI is InChI=1S/C12H8N10O4/c13-11-19-7(23)3-5(17-1-15-3)21(11)9(25)10(26)22-6-4(16-2-18-6)8(24)20-12(22)14/h1-2H,(H,15,17)(H,16,18)(H2,13,19,23)(H2,14,20,24). The first-order chi connectivity index (χ1) is 12.4. The molecule has 0 fully saturated rings. The van der Waals surface area contributed by atoms with Crippen LogP contribution in [-0.4, -0.2) is 50.9 Å². The van der Waals surface area contributed by atoms with Gasteiger partial charge in [0.1, 0.15) is 0 Å². The van der Waals surface area contributed by atoms with Gasteiger partial charge in [-0.25, -0.2) is 19.1 Å². The first-order valence-corrected chi connectivity index (χ1v) is 6.92. The molecule has 130 valence electrons. The Morgan fingerprint density at radius 2 is 1.19 bits per heavy atom. The van der Waals surface area contributed by atoms with Crippen molar-refractivity contribution in [2.45, 2.75) is 0 Å². The van der Waals surface area contributed by atoms with Crippen molar-refractivity contribution in [3.63, 3.8) is 0 Å². The van der Waals surface area contributed by atoms with E-state index in [9.17, 15) is 19.2 Å². The van der Waals surface area contributed by atoms with Crippen LogP contribution < -0.4 is 22.6 Å². The molecule has 0 amide bonds. The van der Waals surface area contributed by atoms with E-state index in [1.807, 2.05) is 0 Å². The van der Waals surface area contributed by atoms with Crippen molar-refractivity contribution in [2.75, 3.05) is 11.5 Å². The number of anilines is 2. The first-order valence-electron chi connectivity index (χ1n) is 6.92. The molecular formula is C12H8N10O4. The highest BCUT2D eigenvalue weighted by molar-refractivity contribution is 6.39. The molecule has 0 spiro atoms. The lowest BCUT2D eigenvalue weighted by Gasteiger charge is -2.10. The van der Waals surface area contributed by atoms with Gasteiger partial charge in [0.2, 0.25) is 11.9 Å². The summed E-state index contributed by atoms with van der Waals surface area (Å²) < 4.78 is 1.29. The Hall–Kier alpha value is -4.36. The molecule has 0 aromatic carbocycles. The normalized spacial score (nSPS) is 11.2. The summed E-state index contributed by atoms with van der Waals surface area (Å²) in [6, 6.07) is 0. The maximum Gasteiger partial charge on any atom is 0.325 e. The summed E-state index contributed by atoms with van der Waals surface area (Å²) in [5, 5.41) is 0. The molecule has 26 heavy (non-hydrogen) atoms. The predicted octanol–water partition coefficient (Wildman–Crippen LogP) is -2.30. The number of H-pyrrole nitrogens is 2. The molecule has 4 aromatic rings. The zero-order chi connectivity index (χ0) is 18.6. The minimum atomic E-state index is -1.23. The van der Waals surface area contributed by atoms with Crippen LogP contribution in [0.5, 0.6) is 0 Å². The van der Waals surface area contributed by atoms with E-state index in [4.69, 9.17) is 11.5 Å². The van der Waals surface area contributed by atoms with Gasteiger partial charge in [-0.2, -0.15) is 9.97 Å². The number of nitrogen functional groups attached to an aromatic ring is 2. The Labute approximate surface area is 140 Å². The minimum Gasteiger partial charge on any atom is -0.369 e. The number of rotatable bonds is 0. The zero-order valence-corrected chi connectivity index (χ0v) is 12.6. The molecule has 6 N–H and O–H groups in total. The summed E-state index contributed by atoms with van der Waals surface area (Å²) in [6.07, 6.45) is 2.28. The van der Waals surface area contributed by atoms with Crippen LogP contribution in [0.1, 0.15) is 9.59 Å². The summed E-state index contributed by atoms with van der Waals surface area (Å²) in [5.41, 5.74) is 9.14. The number of aromatic amines is 2. The number of carbonyl (C=O) groups excluding carboxylic acids is 2. The van der Waals surface area contributed by atoms with Crippen LogP contribution in [0.15, 0.2) is 22.2 Å². The van der Waals surface area contributed by atoms with Gasteiger partial charge in [0.05, 0.1) is 12.7 Å². The van der Waals surface area contributed by atoms with Crippen molar-refractivity contribution in [1.29, 1.82) is 0 Å². The lowest BCUT2D eigenvalue weighted by molar-refractivity contribution is 0.0723. The largest absolute Gasteiger partial charge is 0.369 e. The first kappa shape index (κ1) is 15.2. The summed E-state index contributed by atoms with van der Waals surface area (Å²) in [7, 11) is 0. The highest BCUT2D eigenvalue weighted by Crippen LogP contribution is 2.12. The topological polar surface area (TPSA) is 213 Å². The van der Waals surface area contributed by atoms with Crippen LogP contribution in [-0.2, 0) is 0 Å². The van der Waals surface area contributed by atoms with Gasteiger partial charge in [0.25, 0.3) is 0 Å². The van der Waals surface area contributed by atoms with Crippen molar-refractivity contribution in [3.8, 4) is 0 Å². The number of nitrogens with one attached hydrogen (secondary N) is 2. The molecule has 0 saturated carbocycles. The molecule has 0 atom stereocenters. The van der Waals surface area contributed by atoms with Gasteiger partial charge in [-0.15, -0.1) is 0 Å². The highest BCUT2D eigenvalue weighted by atomic mass is 16.2. The molecule has 0 aliphatic carbocycles. The second-order valence-corrected chi connectivity index (χ2v) is 5.03. The number of fused-ring (bicyclic) bond motifs is 2. The molecule has 0 radical (unpaired) electrons. The Morgan fingerprint density at radius 3 is 1.58 bits per heavy atom. The molecule has 0 unspecified atom stereocenters. The number of aromatic nitrogens is 8. The fraction of sp³-hybridized carbons (Fsp3) is 0. The van der Waals surface area contributed by atoms with Crippen LogP contribution in [0.4, 0.5) is 11.9 Å². The average molecular weight is 356 g/mol. The molecule has 0 aliphatic heterocycles. The molecule has 4 rings (SSSR count). The Morgan fingerprint density at radius 1 is 0.808 bits per heavy atom.